The van der Waals surface area contributed by atoms with Crippen molar-refractivity contribution in [1.82, 2.24) is 5.32 Å². The van der Waals surface area contributed by atoms with Gasteiger partial charge in [-0.2, -0.15) is 11.8 Å². The lowest BCUT2D eigenvalue weighted by Crippen LogP contribution is -2.16. The summed E-state index contributed by atoms with van der Waals surface area (Å²) in [6, 6.07) is 8.10. The lowest BCUT2D eigenvalue weighted by atomic mass is 10.2. The van der Waals surface area contributed by atoms with E-state index < -0.39 is 0 Å². The molecule has 0 atom stereocenters. The molecule has 17 heavy (non-hydrogen) atoms. The van der Waals surface area contributed by atoms with E-state index in [9.17, 15) is 0 Å². The molecule has 0 saturated heterocycles. The zero-order valence-electron chi connectivity index (χ0n) is 10.3. The highest BCUT2D eigenvalue weighted by molar-refractivity contribution is 7.99. The Balaban J connectivity index is 2.09. The number of nitrogens with one attached hydrogen (secondary N) is 1. The first kappa shape index (κ1) is 14.4. The summed E-state index contributed by atoms with van der Waals surface area (Å²) in [5, 5.41) is 12.0. The van der Waals surface area contributed by atoms with E-state index in [1.807, 2.05) is 30.0 Å². The van der Waals surface area contributed by atoms with Crippen LogP contribution in [0.15, 0.2) is 24.3 Å². The smallest absolute Gasteiger partial charge is 0.119 e. The average molecular weight is 255 g/mol. The summed E-state index contributed by atoms with van der Waals surface area (Å²) >= 11 is 1.87. The normalized spacial score (nSPS) is 10.5. The SMILES string of the molecule is COc1cccc(CNCCSCCCO)c1. The number of ether oxygens (including phenoxy) is 1. The molecular weight excluding hydrogens is 234 g/mol. The van der Waals surface area contributed by atoms with Crippen LogP contribution in [0.3, 0.4) is 0 Å². The van der Waals surface area contributed by atoms with Crippen LogP contribution in [0.5, 0.6) is 5.75 Å². The molecule has 2 N–H and O–H groups in total. The van der Waals surface area contributed by atoms with Crippen LogP contribution in [-0.2, 0) is 6.54 Å². The van der Waals surface area contributed by atoms with Crippen molar-refractivity contribution in [3.05, 3.63) is 29.8 Å². The molecule has 96 valence electrons. The molecule has 0 aliphatic heterocycles. The highest BCUT2D eigenvalue weighted by Gasteiger charge is 1.95. The van der Waals surface area contributed by atoms with Crippen LogP contribution in [-0.4, -0.2) is 36.9 Å². The first-order chi connectivity index (χ1) is 8.36. The van der Waals surface area contributed by atoms with Crippen molar-refractivity contribution in [1.29, 1.82) is 0 Å². The Bertz CT molecular complexity index is 307. The van der Waals surface area contributed by atoms with Crippen LogP contribution in [0, 0.1) is 0 Å². The summed E-state index contributed by atoms with van der Waals surface area (Å²) in [5.74, 6) is 3.03. The van der Waals surface area contributed by atoms with Crippen LogP contribution in [0.4, 0.5) is 0 Å². The van der Waals surface area contributed by atoms with E-state index in [-0.39, 0.29) is 0 Å². The van der Waals surface area contributed by atoms with Crippen molar-refractivity contribution in [2.24, 2.45) is 0 Å². The van der Waals surface area contributed by atoms with Crippen molar-refractivity contribution in [2.45, 2.75) is 13.0 Å². The minimum Gasteiger partial charge on any atom is -0.497 e. The maximum Gasteiger partial charge on any atom is 0.119 e. The fourth-order valence-electron chi connectivity index (χ4n) is 1.43. The largest absolute Gasteiger partial charge is 0.497 e. The summed E-state index contributed by atoms with van der Waals surface area (Å²) in [7, 11) is 1.68. The molecule has 0 heterocycles. The zero-order valence-corrected chi connectivity index (χ0v) is 11.1. The zero-order chi connectivity index (χ0) is 12.3. The van der Waals surface area contributed by atoms with E-state index in [1.165, 1.54) is 5.56 Å². The van der Waals surface area contributed by atoms with Crippen molar-refractivity contribution in [2.75, 3.05) is 31.8 Å². The maximum absolute atomic E-state index is 8.63. The number of thioether (sulfide) groups is 1. The molecule has 0 radical (unpaired) electrons. The predicted molar refractivity (Wildman–Crippen MR) is 73.7 cm³/mol. The number of aliphatic hydroxyl groups excluding tert-OH is 1. The van der Waals surface area contributed by atoms with Crippen LogP contribution in [0.2, 0.25) is 0 Å². The fraction of sp³-hybridized carbons (Fsp3) is 0.538. The summed E-state index contributed by atoms with van der Waals surface area (Å²) in [6.45, 7) is 2.16. The van der Waals surface area contributed by atoms with E-state index >= 15 is 0 Å². The first-order valence-electron chi connectivity index (χ1n) is 5.89. The second kappa shape index (κ2) is 9.33. The van der Waals surface area contributed by atoms with Gasteiger partial charge in [-0.3, -0.25) is 0 Å². The van der Waals surface area contributed by atoms with Gasteiger partial charge in [0.2, 0.25) is 0 Å². The average Bonchev–Trinajstić information content (AvgIpc) is 2.38. The van der Waals surface area contributed by atoms with Crippen molar-refractivity contribution in [3.63, 3.8) is 0 Å². The van der Waals surface area contributed by atoms with Gasteiger partial charge in [0.05, 0.1) is 7.11 Å². The van der Waals surface area contributed by atoms with Gasteiger partial charge in [0.1, 0.15) is 5.75 Å². The Hall–Kier alpha value is -0.710. The first-order valence-corrected chi connectivity index (χ1v) is 7.04. The topological polar surface area (TPSA) is 41.5 Å². The van der Waals surface area contributed by atoms with Crippen molar-refractivity contribution >= 4 is 11.8 Å². The molecule has 1 aromatic carbocycles. The minimum atomic E-state index is 0.296. The fourth-order valence-corrected chi connectivity index (χ4v) is 2.25. The lowest BCUT2D eigenvalue weighted by molar-refractivity contribution is 0.296. The summed E-state index contributed by atoms with van der Waals surface area (Å²) in [6.07, 6.45) is 0.889. The molecule has 1 aromatic rings. The van der Waals surface area contributed by atoms with Gasteiger partial charge in [0.15, 0.2) is 0 Å². The quantitative estimate of drug-likeness (QED) is 0.661. The Morgan fingerprint density at radius 1 is 1.35 bits per heavy atom. The maximum atomic E-state index is 8.63. The molecule has 3 nitrogen and oxygen atoms in total. The Kier molecular flexibility index (Phi) is 7.88. The number of benzene rings is 1. The Labute approximate surface area is 108 Å². The molecule has 0 fully saturated rings. The molecule has 0 aromatic heterocycles. The second-order valence-corrected chi connectivity index (χ2v) is 4.94. The van der Waals surface area contributed by atoms with Crippen molar-refractivity contribution < 1.29 is 9.84 Å². The van der Waals surface area contributed by atoms with Gasteiger partial charge >= 0.3 is 0 Å². The number of methoxy groups -OCH3 is 1. The van der Waals surface area contributed by atoms with E-state index in [4.69, 9.17) is 9.84 Å². The van der Waals surface area contributed by atoms with E-state index in [0.717, 1.165) is 36.8 Å². The number of aliphatic hydroxyl groups is 1. The standard InChI is InChI=1S/C13H21NO2S/c1-16-13-5-2-4-12(10-13)11-14-6-9-17-8-3-7-15/h2,4-5,10,14-15H,3,6-9,11H2,1H3. The summed E-state index contributed by atoms with van der Waals surface area (Å²) in [5.41, 5.74) is 1.24. The third-order valence-electron chi connectivity index (χ3n) is 2.33. The van der Waals surface area contributed by atoms with Gasteiger partial charge in [-0.25, -0.2) is 0 Å². The molecule has 0 aliphatic carbocycles. The van der Waals surface area contributed by atoms with Gasteiger partial charge < -0.3 is 15.2 Å². The molecule has 0 saturated carbocycles. The molecule has 0 amide bonds. The minimum absolute atomic E-state index is 0.296. The molecule has 0 spiro atoms. The molecule has 0 bridgehead atoms. The van der Waals surface area contributed by atoms with Gasteiger partial charge in [-0.1, -0.05) is 12.1 Å². The van der Waals surface area contributed by atoms with E-state index in [1.54, 1.807) is 7.11 Å². The summed E-state index contributed by atoms with van der Waals surface area (Å²) in [4.78, 5) is 0. The van der Waals surface area contributed by atoms with Gasteiger partial charge in [-0.15, -0.1) is 0 Å². The van der Waals surface area contributed by atoms with Crippen LogP contribution in [0.1, 0.15) is 12.0 Å². The van der Waals surface area contributed by atoms with Crippen molar-refractivity contribution in [3.8, 4) is 5.75 Å². The van der Waals surface area contributed by atoms with E-state index in [0.29, 0.717) is 6.61 Å². The Morgan fingerprint density at radius 2 is 2.24 bits per heavy atom. The van der Waals surface area contributed by atoms with E-state index in [2.05, 4.69) is 11.4 Å². The number of hydrogen-bond donors (Lipinski definition) is 2. The van der Waals surface area contributed by atoms with Gasteiger partial charge in [0.25, 0.3) is 0 Å². The molecular formula is C13H21NO2S. The number of hydrogen-bond acceptors (Lipinski definition) is 4. The van der Waals surface area contributed by atoms with Gasteiger partial charge in [0, 0.05) is 25.4 Å². The molecule has 0 aliphatic rings. The Morgan fingerprint density at radius 3 is 3.00 bits per heavy atom. The molecule has 4 heteroatoms. The van der Waals surface area contributed by atoms with Crippen LogP contribution < -0.4 is 10.1 Å². The second-order valence-electron chi connectivity index (χ2n) is 3.72. The molecule has 0 unspecified atom stereocenters. The molecule has 1 rings (SSSR count). The summed E-state index contributed by atoms with van der Waals surface area (Å²) < 4.78 is 5.17. The lowest BCUT2D eigenvalue weighted by Gasteiger charge is -2.06. The van der Waals surface area contributed by atoms with Gasteiger partial charge in [-0.05, 0) is 29.9 Å². The third-order valence-corrected chi connectivity index (χ3v) is 3.40. The monoisotopic (exact) mass is 255 g/mol. The van der Waals surface area contributed by atoms with Crippen LogP contribution >= 0.6 is 11.8 Å². The highest BCUT2D eigenvalue weighted by atomic mass is 32.2. The third kappa shape index (κ3) is 6.56. The predicted octanol–water partition coefficient (Wildman–Crippen LogP) is 1.90. The van der Waals surface area contributed by atoms with Crippen LogP contribution in [0.25, 0.3) is 0 Å². The highest BCUT2D eigenvalue weighted by Crippen LogP contribution is 2.12. The number of rotatable bonds is 9.